The quantitative estimate of drug-likeness (QED) is 0.399. The molecule has 0 aliphatic heterocycles. The minimum Gasteiger partial charge on any atom is -0.497 e. The number of amides is 1. The molecule has 0 atom stereocenters. The molecule has 0 saturated carbocycles. The van der Waals surface area contributed by atoms with Crippen LogP contribution >= 0.6 is 11.3 Å². The van der Waals surface area contributed by atoms with E-state index in [1.807, 2.05) is 6.92 Å². The predicted octanol–water partition coefficient (Wildman–Crippen LogP) is 2.67. The van der Waals surface area contributed by atoms with Crippen LogP contribution in [0.25, 0.3) is 10.2 Å². The lowest BCUT2D eigenvalue weighted by atomic mass is 10.3. The number of carbonyl (C=O) groups is 1. The van der Waals surface area contributed by atoms with Crippen molar-refractivity contribution in [3.05, 3.63) is 41.2 Å². The number of benzene rings is 2. The van der Waals surface area contributed by atoms with Gasteiger partial charge in [-0.3, -0.25) is 4.79 Å². The second-order valence-electron chi connectivity index (χ2n) is 6.82. The van der Waals surface area contributed by atoms with E-state index in [-0.39, 0.29) is 4.90 Å². The largest absolute Gasteiger partial charge is 0.497 e. The molecule has 0 N–H and O–H groups in total. The monoisotopic (exact) mass is 494 g/mol. The summed E-state index contributed by atoms with van der Waals surface area (Å²) in [6.07, 6.45) is 0. The molecule has 1 heterocycles. The van der Waals surface area contributed by atoms with Crippen molar-refractivity contribution in [2.45, 2.75) is 18.4 Å². The van der Waals surface area contributed by atoms with Crippen molar-refractivity contribution in [1.82, 2.24) is 4.57 Å². The molecule has 1 aromatic heterocycles. The van der Waals surface area contributed by atoms with Crippen molar-refractivity contribution < 1.29 is 32.2 Å². The van der Waals surface area contributed by atoms with Crippen molar-refractivity contribution >= 4 is 37.3 Å². The SMILES string of the molecule is CCOCCn1c(=NC(=O)CS(=O)(=O)c2ccc(OC)cc2)sc2c(OC)ccc(OC)c21. The zero-order valence-electron chi connectivity index (χ0n) is 18.9. The molecule has 3 aromatic rings. The number of sulfone groups is 1. The summed E-state index contributed by atoms with van der Waals surface area (Å²) in [4.78, 5) is 17.2. The third-order valence-corrected chi connectivity index (χ3v) is 7.52. The molecule has 0 spiro atoms. The van der Waals surface area contributed by atoms with Crippen LogP contribution in [-0.2, 0) is 25.9 Å². The standard InChI is InChI=1S/C22H26N2O7S2/c1-5-31-13-12-24-20-17(29-3)10-11-18(30-4)21(20)32-22(24)23-19(25)14-33(26,27)16-8-6-15(28-2)7-9-16/h6-11H,5,12-14H2,1-4H3. The minimum atomic E-state index is -3.87. The molecule has 0 bridgehead atoms. The Hall–Kier alpha value is -2.89. The van der Waals surface area contributed by atoms with Crippen molar-refractivity contribution in [2.75, 3.05) is 40.3 Å². The number of ether oxygens (including phenoxy) is 4. The van der Waals surface area contributed by atoms with Crippen LogP contribution in [0.2, 0.25) is 0 Å². The Labute approximate surface area is 196 Å². The van der Waals surface area contributed by atoms with E-state index in [1.165, 1.54) is 42.7 Å². The molecule has 9 nitrogen and oxygen atoms in total. The van der Waals surface area contributed by atoms with E-state index in [1.54, 1.807) is 30.9 Å². The summed E-state index contributed by atoms with van der Waals surface area (Å²) in [5.74, 6) is 0.167. The van der Waals surface area contributed by atoms with Crippen LogP contribution < -0.4 is 19.0 Å². The second kappa shape index (κ2) is 10.8. The normalized spacial score (nSPS) is 12.2. The predicted molar refractivity (Wildman–Crippen MR) is 125 cm³/mol. The van der Waals surface area contributed by atoms with Gasteiger partial charge in [-0.1, -0.05) is 11.3 Å². The van der Waals surface area contributed by atoms with E-state index < -0.39 is 21.5 Å². The number of carbonyl (C=O) groups excluding carboxylic acids is 1. The molecule has 3 rings (SSSR count). The fourth-order valence-electron chi connectivity index (χ4n) is 3.21. The van der Waals surface area contributed by atoms with Gasteiger partial charge in [0.25, 0.3) is 5.91 Å². The average Bonchev–Trinajstić information content (AvgIpc) is 3.16. The third-order valence-electron chi connectivity index (χ3n) is 4.81. The van der Waals surface area contributed by atoms with Gasteiger partial charge in [-0.05, 0) is 43.3 Å². The number of hydrogen-bond donors (Lipinski definition) is 0. The summed E-state index contributed by atoms with van der Waals surface area (Å²) >= 11 is 1.22. The Morgan fingerprint density at radius 3 is 2.27 bits per heavy atom. The number of rotatable bonds is 10. The number of nitrogens with zero attached hydrogens (tertiary/aromatic N) is 2. The molecule has 0 fully saturated rings. The number of methoxy groups -OCH3 is 3. The number of thiazole rings is 1. The first-order valence-corrected chi connectivity index (χ1v) is 12.6. The van der Waals surface area contributed by atoms with Gasteiger partial charge in [-0.15, -0.1) is 0 Å². The topological polar surface area (TPSA) is 105 Å². The number of fused-ring (bicyclic) bond motifs is 1. The molecule has 0 radical (unpaired) electrons. The van der Waals surface area contributed by atoms with E-state index in [9.17, 15) is 13.2 Å². The maximum absolute atomic E-state index is 12.7. The van der Waals surface area contributed by atoms with Crippen LogP contribution in [0.15, 0.2) is 46.3 Å². The lowest BCUT2D eigenvalue weighted by molar-refractivity contribution is -0.115. The first-order chi connectivity index (χ1) is 15.8. The fraction of sp³-hybridized carbons (Fsp3) is 0.364. The summed E-state index contributed by atoms with van der Waals surface area (Å²) in [7, 11) is 0.717. The smallest absolute Gasteiger partial charge is 0.263 e. The summed E-state index contributed by atoms with van der Waals surface area (Å²) < 4.78 is 49.5. The molecule has 178 valence electrons. The van der Waals surface area contributed by atoms with Crippen LogP contribution in [0.5, 0.6) is 17.2 Å². The minimum absolute atomic E-state index is 0.0238. The first-order valence-electron chi connectivity index (χ1n) is 10.1. The highest BCUT2D eigenvalue weighted by Crippen LogP contribution is 2.35. The van der Waals surface area contributed by atoms with E-state index in [0.29, 0.717) is 47.3 Å². The maximum Gasteiger partial charge on any atom is 0.263 e. The summed E-state index contributed by atoms with van der Waals surface area (Å²) in [5.41, 5.74) is 0.700. The second-order valence-corrected chi connectivity index (χ2v) is 9.79. The molecule has 0 unspecified atom stereocenters. The highest BCUT2D eigenvalue weighted by atomic mass is 32.2. The van der Waals surface area contributed by atoms with E-state index >= 15 is 0 Å². The van der Waals surface area contributed by atoms with E-state index in [2.05, 4.69) is 4.99 Å². The van der Waals surface area contributed by atoms with Gasteiger partial charge in [0, 0.05) is 13.2 Å². The van der Waals surface area contributed by atoms with Crippen LogP contribution in [-0.4, -0.2) is 59.2 Å². The van der Waals surface area contributed by atoms with Gasteiger partial charge in [0.05, 0.1) is 32.8 Å². The molecular formula is C22H26N2O7S2. The molecule has 0 saturated heterocycles. The van der Waals surface area contributed by atoms with Gasteiger partial charge in [0.1, 0.15) is 33.2 Å². The zero-order chi connectivity index (χ0) is 24.0. The zero-order valence-corrected chi connectivity index (χ0v) is 20.5. The van der Waals surface area contributed by atoms with Crippen LogP contribution in [0.3, 0.4) is 0 Å². The number of aromatic nitrogens is 1. The van der Waals surface area contributed by atoms with Crippen molar-refractivity contribution in [3.63, 3.8) is 0 Å². The Kier molecular flexibility index (Phi) is 8.11. The third kappa shape index (κ3) is 5.55. The lowest BCUT2D eigenvalue weighted by Crippen LogP contribution is -2.22. The van der Waals surface area contributed by atoms with E-state index in [0.717, 1.165) is 4.70 Å². The Bertz CT molecular complexity index is 1290. The average molecular weight is 495 g/mol. The van der Waals surface area contributed by atoms with Crippen LogP contribution in [0.4, 0.5) is 0 Å². The van der Waals surface area contributed by atoms with Gasteiger partial charge >= 0.3 is 0 Å². The van der Waals surface area contributed by atoms with Gasteiger partial charge in [0.2, 0.25) is 0 Å². The molecular weight excluding hydrogens is 468 g/mol. The molecule has 0 aliphatic carbocycles. The number of hydrogen-bond acceptors (Lipinski definition) is 8. The van der Waals surface area contributed by atoms with Gasteiger partial charge in [0.15, 0.2) is 14.6 Å². The Balaban J connectivity index is 2.03. The van der Waals surface area contributed by atoms with E-state index in [4.69, 9.17) is 18.9 Å². The van der Waals surface area contributed by atoms with Crippen molar-refractivity contribution in [1.29, 1.82) is 0 Å². The van der Waals surface area contributed by atoms with Crippen molar-refractivity contribution in [3.8, 4) is 17.2 Å². The van der Waals surface area contributed by atoms with Gasteiger partial charge in [-0.25, -0.2) is 8.42 Å². The Morgan fingerprint density at radius 1 is 1.00 bits per heavy atom. The van der Waals surface area contributed by atoms with Gasteiger partial charge in [-0.2, -0.15) is 4.99 Å². The summed E-state index contributed by atoms with van der Waals surface area (Å²) in [6.45, 7) is 3.20. The molecule has 11 heteroatoms. The fourth-order valence-corrected chi connectivity index (χ4v) is 5.50. The van der Waals surface area contributed by atoms with Crippen molar-refractivity contribution in [2.24, 2.45) is 4.99 Å². The first kappa shape index (κ1) is 24.7. The maximum atomic E-state index is 12.7. The molecule has 33 heavy (non-hydrogen) atoms. The van der Waals surface area contributed by atoms with Gasteiger partial charge < -0.3 is 23.5 Å². The lowest BCUT2D eigenvalue weighted by Gasteiger charge is -2.10. The highest BCUT2D eigenvalue weighted by molar-refractivity contribution is 7.92. The highest BCUT2D eigenvalue weighted by Gasteiger charge is 2.21. The van der Waals surface area contributed by atoms with Crippen LogP contribution in [0.1, 0.15) is 6.92 Å². The van der Waals surface area contributed by atoms with Crippen LogP contribution in [0, 0.1) is 0 Å². The molecule has 2 aromatic carbocycles. The summed E-state index contributed by atoms with van der Waals surface area (Å²) in [5, 5.41) is 0. The molecule has 1 amide bonds. The molecule has 0 aliphatic rings. The summed E-state index contributed by atoms with van der Waals surface area (Å²) in [6, 6.07) is 9.40. The Morgan fingerprint density at radius 2 is 1.67 bits per heavy atom.